The summed E-state index contributed by atoms with van der Waals surface area (Å²) in [5.74, 6) is 0. The Hall–Kier alpha value is -0.340. The lowest BCUT2D eigenvalue weighted by molar-refractivity contribution is 0.532. The van der Waals surface area contributed by atoms with Crippen molar-refractivity contribution in [1.82, 2.24) is 0 Å². The minimum Gasteiger partial charge on any atom is -0.330 e. The Morgan fingerprint density at radius 1 is 1.21 bits per heavy atom. The summed E-state index contributed by atoms with van der Waals surface area (Å²) in [6, 6.07) is 4.29. The molecule has 1 aromatic rings. The van der Waals surface area contributed by atoms with Gasteiger partial charge in [0, 0.05) is 16.4 Å². The minimum atomic E-state index is 0.0366. The summed E-state index contributed by atoms with van der Waals surface area (Å²) >= 11 is 3.65. The molecular formula is C12H18BrN. The number of rotatable bonds is 2. The fourth-order valence-corrected chi connectivity index (χ4v) is 2.69. The van der Waals surface area contributed by atoms with Crippen LogP contribution >= 0.6 is 15.9 Å². The van der Waals surface area contributed by atoms with Gasteiger partial charge in [0.15, 0.2) is 0 Å². The molecular weight excluding hydrogens is 238 g/mol. The van der Waals surface area contributed by atoms with Crippen LogP contribution in [0, 0.1) is 13.8 Å². The number of nitrogens with two attached hydrogens (primary N) is 1. The van der Waals surface area contributed by atoms with Gasteiger partial charge in [0.25, 0.3) is 0 Å². The van der Waals surface area contributed by atoms with Crippen molar-refractivity contribution in [2.45, 2.75) is 33.1 Å². The topological polar surface area (TPSA) is 26.0 Å². The fourth-order valence-electron chi connectivity index (χ4n) is 1.71. The molecule has 1 nitrogen and oxygen atoms in total. The van der Waals surface area contributed by atoms with Crippen LogP contribution in [-0.2, 0) is 5.41 Å². The maximum Gasteiger partial charge on any atom is 0.0245 e. The average Bonchev–Trinajstić information content (AvgIpc) is 2.12. The molecule has 0 bridgehead atoms. The van der Waals surface area contributed by atoms with E-state index in [1.54, 1.807) is 0 Å². The van der Waals surface area contributed by atoms with Gasteiger partial charge in [-0.2, -0.15) is 0 Å². The van der Waals surface area contributed by atoms with Gasteiger partial charge in [-0.15, -0.1) is 0 Å². The molecule has 0 saturated carbocycles. The molecule has 1 aromatic carbocycles. The molecule has 0 unspecified atom stereocenters. The highest BCUT2D eigenvalue weighted by Gasteiger charge is 2.23. The number of halogens is 1. The summed E-state index contributed by atoms with van der Waals surface area (Å²) < 4.78 is 1.20. The molecule has 0 atom stereocenters. The molecule has 2 N–H and O–H groups in total. The van der Waals surface area contributed by atoms with Crippen LogP contribution in [0.5, 0.6) is 0 Å². The molecule has 0 aliphatic rings. The van der Waals surface area contributed by atoms with Crippen molar-refractivity contribution in [3.63, 3.8) is 0 Å². The first-order chi connectivity index (χ1) is 6.40. The van der Waals surface area contributed by atoms with Crippen LogP contribution in [0.1, 0.15) is 30.5 Å². The van der Waals surface area contributed by atoms with Crippen LogP contribution in [0.2, 0.25) is 0 Å². The Morgan fingerprint density at radius 2 is 1.71 bits per heavy atom. The normalized spacial score (nSPS) is 11.9. The zero-order valence-electron chi connectivity index (χ0n) is 9.32. The minimum absolute atomic E-state index is 0.0366. The monoisotopic (exact) mass is 255 g/mol. The Bertz CT molecular complexity index is 342. The maximum atomic E-state index is 5.81. The first-order valence-electron chi connectivity index (χ1n) is 4.86. The van der Waals surface area contributed by atoms with Crippen LogP contribution < -0.4 is 5.73 Å². The van der Waals surface area contributed by atoms with E-state index in [1.165, 1.54) is 21.2 Å². The maximum absolute atomic E-state index is 5.81. The molecule has 0 saturated heterocycles. The van der Waals surface area contributed by atoms with Gasteiger partial charge in [-0.25, -0.2) is 0 Å². The second-order valence-electron chi connectivity index (χ2n) is 4.48. The van der Waals surface area contributed by atoms with E-state index >= 15 is 0 Å². The first-order valence-corrected chi connectivity index (χ1v) is 5.65. The van der Waals surface area contributed by atoms with E-state index in [2.05, 4.69) is 55.8 Å². The van der Waals surface area contributed by atoms with E-state index in [-0.39, 0.29) is 5.41 Å². The van der Waals surface area contributed by atoms with Crippen molar-refractivity contribution in [2.75, 3.05) is 6.54 Å². The molecule has 1 rings (SSSR count). The zero-order chi connectivity index (χ0) is 10.9. The van der Waals surface area contributed by atoms with Crippen LogP contribution in [0.25, 0.3) is 0 Å². The molecule has 2 heteroatoms. The summed E-state index contributed by atoms with van der Waals surface area (Å²) in [6.45, 7) is 9.27. The molecule has 0 aromatic heterocycles. The highest BCUT2D eigenvalue weighted by atomic mass is 79.9. The molecule has 78 valence electrons. The molecule has 0 amide bonds. The first kappa shape index (κ1) is 11.7. The van der Waals surface area contributed by atoms with Crippen LogP contribution in [0.3, 0.4) is 0 Å². The molecule has 0 radical (unpaired) electrons. The van der Waals surface area contributed by atoms with E-state index in [4.69, 9.17) is 5.73 Å². The molecule has 0 spiro atoms. The van der Waals surface area contributed by atoms with Crippen molar-refractivity contribution in [2.24, 2.45) is 5.73 Å². The SMILES string of the molecule is Cc1ccc(C)c(C(C)(C)CN)c1Br. The van der Waals surface area contributed by atoms with Gasteiger partial charge in [0.2, 0.25) is 0 Å². The lowest BCUT2D eigenvalue weighted by Crippen LogP contribution is -2.29. The molecule has 0 aliphatic heterocycles. The third kappa shape index (κ3) is 2.01. The number of hydrogen-bond donors (Lipinski definition) is 1. The van der Waals surface area contributed by atoms with Crippen LogP contribution in [0.15, 0.2) is 16.6 Å². The fraction of sp³-hybridized carbons (Fsp3) is 0.500. The standard InChI is InChI=1S/C12H18BrN/c1-8-5-6-9(2)11(13)10(8)12(3,4)7-14/h5-6H,7,14H2,1-4H3. The van der Waals surface area contributed by atoms with E-state index in [9.17, 15) is 0 Å². The zero-order valence-corrected chi connectivity index (χ0v) is 10.9. The Balaban J connectivity index is 3.40. The lowest BCUT2D eigenvalue weighted by atomic mass is 9.81. The van der Waals surface area contributed by atoms with E-state index < -0.39 is 0 Å². The van der Waals surface area contributed by atoms with E-state index in [0.717, 1.165) is 0 Å². The largest absolute Gasteiger partial charge is 0.330 e. The summed E-state index contributed by atoms with van der Waals surface area (Å²) in [5.41, 5.74) is 9.75. The second-order valence-corrected chi connectivity index (χ2v) is 5.27. The summed E-state index contributed by atoms with van der Waals surface area (Å²) in [6.07, 6.45) is 0. The van der Waals surface area contributed by atoms with Gasteiger partial charge in [-0.3, -0.25) is 0 Å². The predicted molar refractivity (Wildman–Crippen MR) is 65.7 cm³/mol. The van der Waals surface area contributed by atoms with Crippen LogP contribution in [-0.4, -0.2) is 6.54 Å². The summed E-state index contributed by atoms with van der Waals surface area (Å²) in [4.78, 5) is 0. The van der Waals surface area contributed by atoms with Crippen molar-refractivity contribution in [3.05, 3.63) is 33.3 Å². The van der Waals surface area contributed by atoms with Gasteiger partial charge in [0.05, 0.1) is 0 Å². The third-order valence-corrected chi connectivity index (χ3v) is 3.75. The second kappa shape index (κ2) is 4.03. The van der Waals surface area contributed by atoms with Crippen molar-refractivity contribution < 1.29 is 0 Å². The molecule has 0 heterocycles. The lowest BCUT2D eigenvalue weighted by Gasteiger charge is -2.27. The van der Waals surface area contributed by atoms with Crippen LogP contribution in [0.4, 0.5) is 0 Å². The Kier molecular flexibility index (Phi) is 3.38. The highest BCUT2D eigenvalue weighted by Crippen LogP contribution is 2.34. The summed E-state index contributed by atoms with van der Waals surface area (Å²) in [5, 5.41) is 0. The number of benzene rings is 1. The molecule has 0 fully saturated rings. The van der Waals surface area contributed by atoms with Gasteiger partial charge in [-0.05, 0) is 30.5 Å². The molecule has 14 heavy (non-hydrogen) atoms. The third-order valence-electron chi connectivity index (χ3n) is 2.73. The smallest absolute Gasteiger partial charge is 0.0245 e. The van der Waals surface area contributed by atoms with Crippen molar-refractivity contribution in [3.8, 4) is 0 Å². The van der Waals surface area contributed by atoms with Crippen molar-refractivity contribution in [1.29, 1.82) is 0 Å². The van der Waals surface area contributed by atoms with Gasteiger partial charge in [-0.1, -0.05) is 41.9 Å². The highest BCUT2D eigenvalue weighted by molar-refractivity contribution is 9.10. The number of hydrogen-bond acceptors (Lipinski definition) is 1. The van der Waals surface area contributed by atoms with E-state index in [0.29, 0.717) is 6.54 Å². The molecule has 0 aliphatic carbocycles. The van der Waals surface area contributed by atoms with Gasteiger partial charge >= 0.3 is 0 Å². The van der Waals surface area contributed by atoms with Gasteiger partial charge < -0.3 is 5.73 Å². The Labute approximate surface area is 94.8 Å². The van der Waals surface area contributed by atoms with Gasteiger partial charge in [0.1, 0.15) is 0 Å². The predicted octanol–water partition coefficient (Wildman–Crippen LogP) is 3.30. The van der Waals surface area contributed by atoms with E-state index in [1.807, 2.05) is 0 Å². The Morgan fingerprint density at radius 3 is 2.21 bits per heavy atom. The van der Waals surface area contributed by atoms with Crippen molar-refractivity contribution >= 4 is 15.9 Å². The summed E-state index contributed by atoms with van der Waals surface area (Å²) in [7, 11) is 0. The number of aryl methyl sites for hydroxylation is 2. The average molecular weight is 256 g/mol. The quantitative estimate of drug-likeness (QED) is 0.863.